The molecular weight excluding hydrogens is 386 g/mol. The van der Waals surface area contributed by atoms with Crippen LogP contribution in [0, 0.1) is 6.92 Å². The van der Waals surface area contributed by atoms with Gasteiger partial charge in [0.2, 0.25) is 0 Å². The van der Waals surface area contributed by atoms with Crippen molar-refractivity contribution < 1.29 is 4.79 Å². The quantitative estimate of drug-likeness (QED) is 0.530. The van der Waals surface area contributed by atoms with Crippen LogP contribution in [0.25, 0.3) is 33.5 Å². The fraction of sp³-hybridized carbons (Fsp3) is 0.240. The van der Waals surface area contributed by atoms with E-state index in [9.17, 15) is 4.79 Å². The van der Waals surface area contributed by atoms with Crippen molar-refractivity contribution in [1.29, 1.82) is 0 Å². The zero-order valence-corrected chi connectivity index (χ0v) is 17.5. The second-order valence-electron chi connectivity index (χ2n) is 8.20. The average Bonchev–Trinajstić information content (AvgIpc) is 3.23. The van der Waals surface area contributed by atoms with E-state index in [1.54, 1.807) is 6.20 Å². The normalized spacial score (nSPS) is 14.8. The largest absolute Gasteiger partial charge is 0.339 e. The van der Waals surface area contributed by atoms with Gasteiger partial charge in [0.15, 0.2) is 0 Å². The first-order valence-electron chi connectivity index (χ1n) is 10.7. The molecule has 0 bridgehead atoms. The highest BCUT2D eigenvalue weighted by Crippen LogP contribution is 2.27. The van der Waals surface area contributed by atoms with E-state index in [0.717, 1.165) is 52.0 Å². The number of H-pyrrole nitrogens is 1. The second-order valence-corrected chi connectivity index (χ2v) is 8.20. The molecule has 156 valence electrons. The number of hydrogen-bond donors (Lipinski definition) is 2. The van der Waals surface area contributed by atoms with Gasteiger partial charge in [-0.05, 0) is 49.1 Å². The SMILES string of the molecule is Cc1ccc(-c2cnc3[nH]c(-c4ccccc4)cc3c2)nc1C(=O)N1CCC(N)CC1. The van der Waals surface area contributed by atoms with Gasteiger partial charge in [0.1, 0.15) is 11.3 Å². The van der Waals surface area contributed by atoms with Gasteiger partial charge in [-0.1, -0.05) is 36.4 Å². The molecule has 0 aliphatic carbocycles. The van der Waals surface area contributed by atoms with Crippen molar-refractivity contribution in [3.05, 3.63) is 72.1 Å². The molecule has 1 aliphatic rings. The van der Waals surface area contributed by atoms with Crippen LogP contribution in [-0.4, -0.2) is 44.9 Å². The minimum atomic E-state index is -0.0201. The van der Waals surface area contributed by atoms with Gasteiger partial charge in [-0.25, -0.2) is 9.97 Å². The maximum Gasteiger partial charge on any atom is 0.272 e. The van der Waals surface area contributed by atoms with Crippen molar-refractivity contribution in [2.24, 2.45) is 5.73 Å². The van der Waals surface area contributed by atoms with Crippen molar-refractivity contribution >= 4 is 16.9 Å². The number of amides is 1. The van der Waals surface area contributed by atoms with Crippen LogP contribution < -0.4 is 5.73 Å². The molecule has 1 amide bonds. The summed E-state index contributed by atoms with van der Waals surface area (Å²) in [5.41, 5.74) is 12.0. The topological polar surface area (TPSA) is 87.9 Å². The summed E-state index contributed by atoms with van der Waals surface area (Å²) in [4.78, 5) is 27.7. The van der Waals surface area contributed by atoms with Crippen molar-refractivity contribution in [2.45, 2.75) is 25.8 Å². The Morgan fingerprint density at radius 2 is 1.84 bits per heavy atom. The molecule has 0 saturated carbocycles. The number of aromatic nitrogens is 3. The number of pyridine rings is 2. The number of aryl methyl sites for hydroxylation is 1. The van der Waals surface area contributed by atoms with Crippen molar-refractivity contribution in [1.82, 2.24) is 19.9 Å². The Morgan fingerprint density at radius 3 is 2.61 bits per heavy atom. The Bertz CT molecular complexity index is 1240. The summed E-state index contributed by atoms with van der Waals surface area (Å²) >= 11 is 0. The monoisotopic (exact) mass is 411 g/mol. The third-order valence-corrected chi connectivity index (χ3v) is 5.98. The number of fused-ring (bicyclic) bond motifs is 1. The van der Waals surface area contributed by atoms with Gasteiger partial charge in [-0.15, -0.1) is 0 Å². The Labute approximate surface area is 181 Å². The number of benzene rings is 1. The van der Waals surface area contributed by atoms with Crippen molar-refractivity contribution in [2.75, 3.05) is 13.1 Å². The third kappa shape index (κ3) is 3.82. The predicted octanol–water partition coefficient (Wildman–Crippen LogP) is 4.16. The van der Waals surface area contributed by atoms with E-state index in [0.29, 0.717) is 18.8 Å². The molecule has 0 atom stereocenters. The van der Waals surface area contributed by atoms with Crippen molar-refractivity contribution in [3.8, 4) is 22.5 Å². The smallest absolute Gasteiger partial charge is 0.272 e. The van der Waals surface area contributed by atoms with Gasteiger partial charge < -0.3 is 15.6 Å². The van der Waals surface area contributed by atoms with E-state index >= 15 is 0 Å². The summed E-state index contributed by atoms with van der Waals surface area (Å²) in [6, 6.07) is 18.4. The van der Waals surface area contributed by atoms with E-state index in [2.05, 4.69) is 34.2 Å². The first-order valence-corrected chi connectivity index (χ1v) is 10.7. The highest BCUT2D eigenvalue weighted by Gasteiger charge is 2.24. The molecule has 0 unspecified atom stereocenters. The van der Waals surface area contributed by atoms with E-state index in [-0.39, 0.29) is 11.9 Å². The molecule has 1 fully saturated rings. The minimum Gasteiger partial charge on any atom is -0.339 e. The number of nitrogens with zero attached hydrogens (tertiary/aromatic N) is 3. The Balaban J connectivity index is 1.47. The summed E-state index contributed by atoms with van der Waals surface area (Å²) in [7, 11) is 0. The number of hydrogen-bond acceptors (Lipinski definition) is 4. The van der Waals surface area contributed by atoms with Crippen LogP contribution in [0.4, 0.5) is 0 Å². The lowest BCUT2D eigenvalue weighted by Crippen LogP contribution is -2.43. The molecule has 3 aromatic heterocycles. The fourth-order valence-electron chi connectivity index (χ4n) is 4.09. The maximum atomic E-state index is 13.1. The van der Waals surface area contributed by atoms with Crippen LogP contribution in [0.5, 0.6) is 0 Å². The molecule has 4 heterocycles. The van der Waals surface area contributed by atoms with Crippen LogP contribution in [0.2, 0.25) is 0 Å². The van der Waals surface area contributed by atoms with Gasteiger partial charge in [0.05, 0.1) is 5.69 Å². The van der Waals surface area contributed by atoms with E-state index in [1.165, 1.54) is 0 Å². The lowest BCUT2D eigenvalue weighted by Gasteiger charge is -2.30. The van der Waals surface area contributed by atoms with Crippen LogP contribution in [0.1, 0.15) is 28.9 Å². The number of aromatic amines is 1. The summed E-state index contributed by atoms with van der Waals surface area (Å²) in [5.74, 6) is -0.0201. The van der Waals surface area contributed by atoms with E-state index in [1.807, 2.05) is 42.2 Å². The lowest BCUT2D eigenvalue weighted by atomic mass is 10.0. The predicted molar refractivity (Wildman–Crippen MR) is 123 cm³/mol. The third-order valence-electron chi connectivity index (χ3n) is 5.98. The molecule has 5 rings (SSSR count). The van der Waals surface area contributed by atoms with Crippen LogP contribution >= 0.6 is 0 Å². The summed E-state index contributed by atoms with van der Waals surface area (Å²) in [5, 5.41) is 1.01. The number of carbonyl (C=O) groups is 1. The molecule has 6 heteroatoms. The molecule has 0 spiro atoms. The Kier molecular flexibility index (Phi) is 5.00. The van der Waals surface area contributed by atoms with Crippen LogP contribution in [0.3, 0.4) is 0 Å². The molecule has 1 saturated heterocycles. The first kappa shape index (κ1) is 19.5. The van der Waals surface area contributed by atoms with E-state index < -0.39 is 0 Å². The Hall–Kier alpha value is -3.51. The van der Waals surface area contributed by atoms with Gasteiger partial charge in [-0.2, -0.15) is 0 Å². The van der Waals surface area contributed by atoms with Gasteiger partial charge >= 0.3 is 0 Å². The molecule has 31 heavy (non-hydrogen) atoms. The van der Waals surface area contributed by atoms with Gasteiger partial charge in [0, 0.05) is 42.0 Å². The second kappa shape index (κ2) is 7.96. The summed E-state index contributed by atoms with van der Waals surface area (Å²) in [6.07, 6.45) is 3.48. The number of likely N-dealkylation sites (tertiary alicyclic amines) is 1. The van der Waals surface area contributed by atoms with Crippen LogP contribution in [0.15, 0.2) is 60.8 Å². The molecule has 6 nitrogen and oxygen atoms in total. The number of piperidine rings is 1. The summed E-state index contributed by atoms with van der Waals surface area (Å²) in [6.45, 7) is 3.30. The number of rotatable bonds is 3. The van der Waals surface area contributed by atoms with Gasteiger partial charge in [-0.3, -0.25) is 4.79 Å². The zero-order valence-electron chi connectivity index (χ0n) is 17.5. The highest BCUT2D eigenvalue weighted by molar-refractivity contribution is 5.94. The highest BCUT2D eigenvalue weighted by atomic mass is 16.2. The zero-order chi connectivity index (χ0) is 21.4. The molecule has 1 aromatic carbocycles. The average molecular weight is 412 g/mol. The molecule has 4 aromatic rings. The first-order chi connectivity index (χ1) is 15.1. The minimum absolute atomic E-state index is 0.0201. The standard InChI is InChI=1S/C25H25N5O/c1-16-7-8-21(28-23(16)25(31)30-11-9-20(26)10-12-30)19-13-18-14-22(29-24(18)27-15-19)17-5-3-2-4-6-17/h2-8,13-15,20H,9-12,26H2,1H3,(H,27,29). The molecular formula is C25H25N5O. The van der Waals surface area contributed by atoms with Crippen LogP contribution in [-0.2, 0) is 0 Å². The summed E-state index contributed by atoms with van der Waals surface area (Å²) < 4.78 is 0. The number of carbonyl (C=O) groups excluding carboxylic acids is 1. The Morgan fingerprint density at radius 1 is 1.06 bits per heavy atom. The molecule has 3 N–H and O–H groups in total. The fourth-order valence-corrected chi connectivity index (χ4v) is 4.09. The molecule has 0 radical (unpaired) electrons. The maximum absolute atomic E-state index is 13.1. The van der Waals surface area contributed by atoms with E-state index in [4.69, 9.17) is 10.7 Å². The van der Waals surface area contributed by atoms with Gasteiger partial charge in [0.25, 0.3) is 5.91 Å². The van der Waals surface area contributed by atoms with Crippen molar-refractivity contribution in [3.63, 3.8) is 0 Å². The number of nitrogens with one attached hydrogen (secondary N) is 1. The molecule has 1 aliphatic heterocycles. The number of nitrogens with two attached hydrogens (primary N) is 1. The lowest BCUT2D eigenvalue weighted by molar-refractivity contribution is 0.0708.